The van der Waals surface area contributed by atoms with Crippen molar-refractivity contribution in [1.29, 1.82) is 0 Å². The summed E-state index contributed by atoms with van der Waals surface area (Å²) in [4.78, 5) is 0. The maximum absolute atomic E-state index is 13.2. The van der Waals surface area contributed by atoms with Gasteiger partial charge in [-0.3, -0.25) is 5.43 Å². The Balaban J connectivity index is 1.50. The number of aromatic nitrogens is 1. The second-order valence-corrected chi connectivity index (χ2v) is 6.95. The Bertz CT molecular complexity index is 1150. The molecule has 0 aliphatic carbocycles. The SMILES string of the molecule is Fc1ccc(Cn2cc(/C=N\NC(=S)Nc3ccccc3)c3ccccc32)cc1. The quantitative estimate of drug-likeness (QED) is 0.276. The van der Waals surface area contributed by atoms with Gasteiger partial charge in [0.2, 0.25) is 0 Å². The molecule has 2 N–H and O–H groups in total. The molecule has 1 heterocycles. The molecular formula is C23H19FN4S. The van der Waals surface area contributed by atoms with Crippen molar-refractivity contribution in [3.05, 3.63) is 102 Å². The predicted octanol–water partition coefficient (Wildman–Crippen LogP) is 5.15. The average molecular weight is 402 g/mol. The van der Waals surface area contributed by atoms with Gasteiger partial charge in [-0.25, -0.2) is 4.39 Å². The van der Waals surface area contributed by atoms with E-state index in [2.05, 4.69) is 32.5 Å². The van der Waals surface area contributed by atoms with Crippen molar-refractivity contribution in [3.8, 4) is 0 Å². The topological polar surface area (TPSA) is 41.4 Å². The zero-order valence-electron chi connectivity index (χ0n) is 15.5. The molecule has 0 saturated heterocycles. The van der Waals surface area contributed by atoms with Crippen molar-refractivity contribution in [2.24, 2.45) is 5.10 Å². The first kappa shape index (κ1) is 18.8. The highest BCUT2D eigenvalue weighted by Crippen LogP contribution is 2.21. The third kappa shape index (κ3) is 4.67. The van der Waals surface area contributed by atoms with Gasteiger partial charge in [-0.15, -0.1) is 0 Å². The number of rotatable bonds is 5. The molecule has 0 atom stereocenters. The normalized spacial score (nSPS) is 11.1. The van der Waals surface area contributed by atoms with Crippen LogP contribution in [0.4, 0.5) is 10.1 Å². The Morgan fingerprint density at radius 3 is 2.48 bits per heavy atom. The van der Waals surface area contributed by atoms with E-state index in [-0.39, 0.29) is 5.82 Å². The fourth-order valence-corrected chi connectivity index (χ4v) is 3.31. The fourth-order valence-electron chi connectivity index (χ4n) is 3.14. The highest BCUT2D eigenvalue weighted by atomic mass is 32.1. The first-order valence-corrected chi connectivity index (χ1v) is 9.57. The van der Waals surface area contributed by atoms with Crippen LogP contribution >= 0.6 is 12.2 Å². The predicted molar refractivity (Wildman–Crippen MR) is 121 cm³/mol. The largest absolute Gasteiger partial charge is 0.342 e. The zero-order valence-corrected chi connectivity index (χ0v) is 16.4. The molecule has 4 aromatic rings. The molecule has 0 aliphatic heterocycles. The van der Waals surface area contributed by atoms with Crippen LogP contribution in [0, 0.1) is 5.82 Å². The van der Waals surface area contributed by atoms with Crippen molar-refractivity contribution < 1.29 is 4.39 Å². The summed E-state index contributed by atoms with van der Waals surface area (Å²) in [6.07, 6.45) is 3.79. The molecule has 0 bridgehead atoms. The van der Waals surface area contributed by atoms with Crippen LogP contribution in [0.3, 0.4) is 0 Å². The van der Waals surface area contributed by atoms with Crippen LogP contribution in [0.15, 0.2) is 90.2 Å². The zero-order chi connectivity index (χ0) is 20.1. The van der Waals surface area contributed by atoms with Crippen molar-refractivity contribution in [3.63, 3.8) is 0 Å². The molecule has 29 heavy (non-hydrogen) atoms. The summed E-state index contributed by atoms with van der Waals surface area (Å²) in [5.74, 6) is -0.231. The molecule has 0 spiro atoms. The number of halogens is 1. The van der Waals surface area contributed by atoms with Gasteiger partial charge in [-0.1, -0.05) is 48.5 Å². The van der Waals surface area contributed by atoms with Gasteiger partial charge in [0.15, 0.2) is 5.11 Å². The lowest BCUT2D eigenvalue weighted by atomic mass is 10.2. The van der Waals surface area contributed by atoms with E-state index < -0.39 is 0 Å². The first-order valence-electron chi connectivity index (χ1n) is 9.16. The number of hydrogen-bond donors (Lipinski definition) is 2. The Morgan fingerprint density at radius 1 is 0.966 bits per heavy atom. The summed E-state index contributed by atoms with van der Waals surface area (Å²) in [6, 6.07) is 24.3. The minimum atomic E-state index is -0.231. The van der Waals surface area contributed by atoms with Gasteiger partial charge in [0.1, 0.15) is 5.82 Å². The van der Waals surface area contributed by atoms with Crippen molar-refractivity contribution in [1.82, 2.24) is 9.99 Å². The Labute approximate surface area is 173 Å². The molecule has 0 unspecified atom stereocenters. The molecule has 144 valence electrons. The standard InChI is InChI=1S/C23H19FN4S/c24-19-12-10-17(11-13-19)15-28-16-18(21-8-4-5-9-22(21)28)14-25-27-23(29)26-20-6-2-1-3-7-20/h1-14,16H,15H2,(H2,26,27,29)/b25-14-. The molecule has 6 heteroatoms. The molecule has 0 amide bonds. The van der Waals surface area contributed by atoms with Gasteiger partial charge in [0.05, 0.1) is 6.21 Å². The number of benzene rings is 3. The second-order valence-electron chi connectivity index (χ2n) is 6.55. The Morgan fingerprint density at radius 2 is 1.69 bits per heavy atom. The molecule has 0 saturated carbocycles. The van der Waals surface area contributed by atoms with E-state index in [0.29, 0.717) is 11.7 Å². The van der Waals surface area contributed by atoms with E-state index in [0.717, 1.165) is 27.7 Å². The third-order valence-corrected chi connectivity index (χ3v) is 4.68. The summed E-state index contributed by atoms with van der Waals surface area (Å²) < 4.78 is 15.3. The highest BCUT2D eigenvalue weighted by molar-refractivity contribution is 7.80. The smallest absolute Gasteiger partial charge is 0.191 e. The number of fused-ring (bicyclic) bond motifs is 1. The van der Waals surface area contributed by atoms with E-state index in [1.165, 1.54) is 12.1 Å². The lowest BCUT2D eigenvalue weighted by Gasteiger charge is -2.05. The van der Waals surface area contributed by atoms with Gasteiger partial charge in [-0.05, 0) is 48.1 Å². The molecule has 0 aliphatic rings. The molecule has 4 nitrogen and oxygen atoms in total. The summed E-state index contributed by atoms with van der Waals surface area (Å²) in [7, 11) is 0. The van der Waals surface area contributed by atoms with Crippen LogP contribution < -0.4 is 10.7 Å². The lowest BCUT2D eigenvalue weighted by molar-refractivity contribution is 0.626. The fraction of sp³-hybridized carbons (Fsp3) is 0.0435. The molecular weight excluding hydrogens is 383 g/mol. The molecule has 1 aromatic heterocycles. The van der Waals surface area contributed by atoms with E-state index in [9.17, 15) is 4.39 Å². The van der Waals surface area contributed by atoms with Gasteiger partial charge in [-0.2, -0.15) is 5.10 Å². The van der Waals surface area contributed by atoms with Crippen molar-refractivity contribution in [2.45, 2.75) is 6.54 Å². The Kier molecular flexibility index (Phi) is 5.63. The minimum absolute atomic E-state index is 0.231. The van der Waals surface area contributed by atoms with Crippen LogP contribution in [0.1, 0.15) is 11.1 Å². The van der Waals surface area contributed by atoms with Gasteiger partial charge in [0, 0.05) is 34.9 Å². The van der Waals surface area contributed by atoms with Gasteiger partial charge < -0.3 is 9.88 Å². The van der Waals surface area contributed by atoms with Crippen LogP contribution in [-0.4, -0.2) is 15.9 Å². The van der Waals surface area contributed by atoms with Crippen molar-refractivity contribution >= 4 is 40.1 Å². The number of thiocarbonyl (C=S) groups is 1. The van der Waals surface area contributed by atoms with Gasteiger partial charge >= 0.3 is 0 Å². The Hall–Kier alpha value is -3.51. The van der Waals surface area contributed by atoms with E-state index in [4.69, 9.17) is 12.2 Å². The number of anilines is 1. The number of nitrogens with one attached hydrogen (secondary N) is 2. The van der Waals surface area contributed by atoms with Crippen LogP contribution in [-0.2, 0) is 6.54 Å². The molecule has 0 radical (unpaired) electrons. The van der Waals surface area contributed by atoms with E-state index >= 15 is 0 Å². The summed E-state index contributed by atoms with van der Waals surface area (Å²) >= 11 is 5.28. The highest BCUT2D eigenvalue weighted by Gasteiger charge is 2.07. The molecule has 3 aromatic carbocycles. The minimum Gasteiger partial charge on any atom is -0.342 e. The average Bonchev–Trinajstić information content (AvgIpc) is 3.08. The monoisotopic (exact) mass is 402 g/mol. The van der Waals surface area contributed by atoms with E-state index in [1.54, 1.807) is 18.3 Å². The first-order chi connectivity index (χ1) is 14.2. The molecule has 4 rings (SSSR count). The van der Waals surface area contributed by atoms with Crippen LogP contribution in [0.25, 0.3) is 10.9 Å². The van der Waals surface area contributed by atoms with Crippen LogP contribution in [0.2, 0.25) is 0 Å². The number of hydrazone groups is 1. The second kappa shape index (κ2) is 8.67. The van der Waals surface area contributed by atoms with Crippen molar-refractivity contribution in [2.75, 3.05) is 5.32 Å². The van der Waals surface area contributed by atoms with E-state index in [1.807, 2.05) is 48.7 Å². The molecule has 0 fully saturated rings. The number of nitrogens with zero attached hydrogens (tertiary/aromatic N) is 2. The maximum Gasteiger partial charge on any atom is 0.191 e. The summed E-state index contributed by atoms with van der Waals surface area (Å²) in [5.41, 5.74) is 6.83. The number of hydrogen-bond acceptors (Lipinski definition) is 2. The summed E-state index contributed by atoms with van der Waals surface area (Å²) in [5, 5.41) is 8.86. The van der Waals surface area contributed by atoms with Crippen LogP contribution in [0.5, 0.6) is 0 Å². The van der Waals surface area contributed by atoms with Gasteiger partial charge in [0.25, 0.3) is 0 Å². The number of para-hydroxylation sites is 2. The third-order valence-electron chi connectivity index (χ3n) is 4.49. The summed E-state index contributed by atoms with van der Waals surface area (Å²) in [6.45, 7) is 0.649. The lowest BCUT2D eigenvalue weighted by Crippen LogP contribution is -2.23. The maximum atomic E-state index is 13.2.